The van der Waals surface area contributed by atoms with Gasteiger partial charge in [-0.2, -0.15) is 0 Å². The van der Waals surface area contributed by atoms with Crippen LogP contribution >= 0.6 is 23.2 Å². The molecule has 146 valence electrons. The molecule has 2 atom stereocenters. The average Bonchev–Trinajstić information content (AvgIpc) is 3.34. The normalized spacial score (nSPS) is 21.8. The summed E-state index contributed by atoms with van der Waals surface area (Å²) in [5.41, 5.74) is 1.91. The molecular weight excluding hydrogens is 399 g/mol. The quantitative estimate of drug-likeness (QED) is 0.573. The van der Waals surface area contributed by atoms with E-state index in [-0.39, 0.29) is 6.10 Å². The molecule has 0 N–H and O–H groups in total. The van der Waals surface area contributed by atoms with Gasteiger partial charge in [0.2, 0.25) is 5.79 Å². The summed E-state index contributed by atoms with van der Waals surface area (Å²) >= 11 is 12.1. The van der Waals surface area contributed by atoms with Crippen LogP contribution in [-0.4, -0.2) is 28.9 Å². The van der Waals surface area contributed by atoms with Gasteiger partial charge in [-0.25, -0.2) is 4.98 Å². The van der Waals surface area contributed by atoms with E-state index in [9.17, 15) is 0 Å². The number of aryl methyl sites for hydroxylation is 1. The first-order chi connectivity index (χ1) is 13.5. The van der Waals surface area contributed by atoms with Crippen molar-refractivity contribution in [2.24, 2.45) is 0 Å². The maximum atomic E-state index is 6.37. The van der Waals surface area contributed by atoms with Crippen LogP contribution in [0.25, 0.3) is 0 Å². The third-order valence-corrected chi connectivity index (χ3v) is 5.16. The molecule has 0 aliphatic carbocycles. The fraction of sp³-hybridized carbons (Fsp3) is 0.286. The third kappa shape index (κ3) is 4.18. The second-order valence-corrected chi connectivity index (χ2v) is 7.64. The summed E-state index contributed by atoms with van der Waals surface area (Å²) in [5, 5.41) is 1.30. The molecule has 1 fully saturated rings. The van der Waals surface area contributed by atoms with Crippen LogP contribution in [0.2, 0.25) is 10.0 Å². The van der Waals surface area contributed by atoms with Gasteiger partial charge in [-0.1, -0.05) is 41.4 Å². The molecule has 3 aromatic rings. The fourth-order valence-electron chi connectivity index (χ4n) is 3.21. The van der Waals surface area contributed by atoms with Gasteiger partial charge < -0.3 is 18.8 Å². The average molecular weight is 419 g/mol. The van der Waals surface area contributed by atoms with E-state index in [1.165, 1.54) is 0 Å². The van der Waals surface area contributed by atoms with Gasteiger partial charge in [-0.05, 0) is 36.8 Å². The topological polar surface area (TPSA) is 45.5 Å². The summed E-state index contributed by atoms with van der Waals surface area (Å²) in [5.74, 6) is -0.183. The maximum absolute atomic E-state index is 6.37. The minimum atomic E-state index is -0.928. The van der Waals surface area contributed by atoms with Gasteiger partial charge in [0, 0.05) is 28.0 Å². The highest BCUT2D eigenvalue weighted by Gasteiger charge is 2.44. The Bertz CT molecular complexity index is 931. The zero-order chi connectivity index (χ0) is 19.6. The Morgan fingerprint density at radius 3 is 2.71 bits per heavy atom. The molecule has 1 aromatic heterocycles. The molecule has 2 unspecified atom stereocenters. The zero-order valence-electron chi connectivity index (χ0n) is 15.3. The van der Waals surface area contributed by atoms with Crippen molar-refractivity contribution in [2.45, 2.75) is 25.4 Å². The fourth-order valence-corrected chi connectivity index (χ4v) is 3.50. The molecule has 7 heteroatoms. The highest BCUT2D eigenvalue weighted by Crippen LogP contribution is 2.37. The Morgan fingerprint density at radius 2 is 1.96 bits per heavy atom. The lowest BCUT2D eigenvalue weighted by atomic mass is 10.1. The molecule has 0 spiro atoms. The van der Waals surface area contributed by atoms with Gasteiger partial charge in [0.25, 0.3) is 0 Å². The number of ether oxygens (including phenoxy) is 3. The second kappa shape index (κ2) is 8.13. The molecule has 4 rings (SSSR count). The van der Waals surface area contributed by atoms with E-state index in [1.54, 1.807) is 12.5 Å². The molecule has 2 heterocycles. The lowest BCUT2D eigenvalue weighted by Crippen LogP contribution is -2.34. The first-order valence-electron chi connectivity index (χ1n) is 8.97. The van der Waals surface area contributed by atoms with Crippen molar-refractivity contribution in [3.8, 4) is 5.75 Å². The first-order valence-corrected chi connectivity index (χ1v) is 9.72. The maximum Gasteiger partial charge on any atom is 0.214 e. The second-order valence-electron chi connectivity index (χ2n) is 6.77. The molecular formula is C21H20Cl2N2O3. The predicted octanol–water partition coefficient (Wildman–Crippen LogP) is 4.85. The van der Waals surface area contributed by atoms with Crippen molar-refractivity contribution in [1.82, 2.24) is 9.55 Å². The number of benzene rings is 2. The van der Waals surface area contributed by atoms with E-state index in [0.29, 0.717) is 29.8 Å². The van der Waals surface area contributed by atoms with E-state index in [2.05, 4.69) is 4.98 Å². The molecule has 1 aliphatic rings. The number of hydrogen-bond donors (Lipinski definition) is 0. The minimum Gasteiger partial charge on any atom is -0.490 e. The molecule has 2 aromatic carbocycles. The molecule has 1 saturated heterocycles. The highest BCUT2D eigenvalue weighted by molar-refractivity contribution is 6.30. The highest BCUT2D eigenvalue weighted by atomic mass is 35.5. The van der Waals surface area contributed by atoms with Crippen molar-refractivity contribution in [1.29, 1.82) is 0 Å². The van der Waals surface area contributed by atoms with Gasteiger partial charge in [0.15, 0.2) is 0 Å². The van der Waals surface area contributed by atoms with Gasteiger partial charge >= 0.3 is 0 Å². The number of halogens is 2. The number of nitrogens with zero attached hydrogens (tertiary/aromatic N) is 2. The van der Waals surface area contributed by atoms with E-state index >= 15 is 0 Å². The van der Waals surface area contributed by atoms with Crippen molar-refractivity contribution in [2.75, 3.05) is 13.2 Å². The van der Waals surface area contributed by atoms with Gasteiger partial charge in [0.1, 0.15) is 18.5 Å². The van der Waals surface area contributed by atoms with Crippen molar-refractivity contribution in [3.05, 3.63) is 82.4 Å². The summed E-state index contributed by atoms with van der Waals surface area (Å²) in [6.45, 7) is 3.23. The van der Waals surface area contributed by atoms with Gasteiger partial charge in [0.05, 0.1) is 19.5 Å². The summed E-state index contributed by atoms with van der Waals surface area (Å²) in [7, 11) is 0. The lowest BCUT2D eigenvalue weighted by Gasteiger charge is -2.29. The Morgan fingerprint density at radius 1 is 1.18 bits per heavy atom. The smallest absolute Gasteiger partial charge is 0.214 e. The predicted molar refractivity (Wildman–Crippen MR) is 108 cm³/mol. The first kappa shape index (κ1) is 19.3. The Kier molecular flexibility index (Phi) is 5.60. The number of rotatable bonds is 6. The van der Waals surface area contributed by atoms with Crippen LogP contribution in [0.5, 0.6) is 5.75 Å². The summed E-state index contributed by atoms with van der Waals surface area (Å²) in [4.78, 5) is 4.11. The molecule has 0 radical (unpaired) electrons. The molecule has 28 heavy (non-hydrogen) atoms. The summed E-state index contributed by atoms with van der Waals surface area (Å²) in [6.07, 6.45) is 5.12. The lowest BCUT2D eigenvalue weighted by molar-refractivity contribution is -0.189. The SMILES string of the molecule is Cc1ccc(Cl)cc1OCC1COC(Cn2ccnc2)(c2ccc(Cl)cc2)O1. The van der Waals surface area contributed by atoms with E-state index in [4.69, 9.17) is 37.4 Å². The van der Waals surface area contributed by atoms with Crippen LogP contribution in [0, 0.1) is 6.92 Å². The van der Waals surface area contributed by atoms with Crippen LogP contribution in [0.3, 0.4) is 0 Å². The van der Waals surface area contributed by atoms with Crippen LogP contribution in [-0.2, 0) is 21.8 Å². The van der Waals surface area contributed by atoms with Crippen LogP contribution in [0.15, 0.2) is 61.2 Å². The zero-order valence-corrected chi connectivity index (χ0v) is 16.9. The number of aromatic nitrogens is 2. The molecule has 5 nitrogen and oxygen atoms in total. The van der Waals surface area contributed by atoms with Crippen molar-refractivity contribution < 1.29 is 14.2 Å². The minimum absolute atomic E-state index is 0.224. The van der Waals surface area contributed by atoms with Crippen molar-refractivity contribution in [3.63, 3.8) is 0 Å². The van der Waals surface area contributed by atoms with E-state index in [1.807, 2.05) is 60.2 Å². The van der Waals surface area contributed by atoms with E-state index in [0.717, 1.165) is 16.9 Å². The molecule has 1 aliphatic heterocycles. The summed E-state index contributed by atoms with van der Waals surface area (Å²) in [6, 6.07) is 13.1. The Balaban J connectivity index is 1.52. The van der Waals surface area contributed by atoms with Crippen LogP contribution < -0.4 is 4.74 Å². The van der Waals surface area contributed by atoms with Crippen LogP contribution in [0.1, 0.15) is 11.1 Å². The molecule has 0 saturated carbocycles. The van der Waals surface area contributed by atoms with Gasteiger partial charge in [-0.3, -0.25) is 0 Å². The van der Waals surface area contributed by atoms with Crippen LogP contribution in [0.4, 0.5) is 0 Å². The molecule has 0 bridgehead atoms. The largest absolute Gasteiger partial charge is 0.490 e. The Labute approximate surface area is 173 Å². The van der Waals surface area contributed by atoms with E-state index < -0.39 is 5.79 Å². The Hall–Kier alpha value is -2.05. The number of hydrogen-bond acceptors (Lipinski definition) is 4. The molecule has 0 amide bonds. The van der Waals surface area contributed by atoms with Gasteiger partial charge in [-0.15, -0.1) is 0 Å². The third-order valence-electron chi connectivity index (χ3n) is 4.67. The summed E-state index contributed by atoms with van der Waals surface area (Å²) < 4.78 is 20.4. The van der Waals surface area contributed by atoms with Crippen molar-refractivity contribution >= 4 is 23.2 Å². The number of imidazole rings is 1. The monoisotopic (exact) mass is 418 g/mol. The standard InChI is InChI=1S/C21H20Cl2N2O3/c1-15-2-5-18(23)10-20(15)26-11-19-12-27-21(28-19,13-25-9-8-24-14-25)16-3-6-17(22)7-4-16/h2-10,14,19H,11-13H2,1H3.